The van der Waals surface area contributed by atoms with E-state index < -0.39 is 0 Å². The predicted octanol–water partition coefficient (Wildman–Crippen LogP) is 7.54. The third-order valence-corrected chi connectivity index (χ3v) is 2.06. The second-order valence-corrected chi connectivity index (χ2v) is 3.07. The van der Waals surface area contributed by atoms with Gasteiger partial charge in [0.05, 0.1) is 0 Å². The van der Waals surface area contributed by atoms with Crippen LogP contribution in [0.5, 0.6) is 11.5 Å². The van der Waals surface area contributed by atoms with Gasteiger partial charge in [0, 0.05) is 0 Å². The molecule has 0 aliphatic carbocycles. The van der Waals surface area contributed by atoms with Crippen LogP contribution in [-0.4, -0.2) is 0 Å². The van der Waals surface area contributed by atoms with E-state index in [1.54, 1.807) is 12.2 Å². The largest absolute Gasteiger partial charge is 0.450 e. The van der Waals surface area contributed by atoms with E-state index in [1.807, 2.05) is 92.7 Å². The van der Waals surface area contributed by atoms with Crippen LogP contribution in [0.15, 0.2) is 60.6 Å². The van der Waals surface area contributed by atoms with Gasteiger partial charge in [-0.25, -0.2) is 0 Å². The molecule has 0 amide bonds. The minimum atomic E-state index is 0.686. The average Bonchev–Trinajstić information content (AvgIpc) is 2.68. The Bertz CT molecular complexity index is 443. The smallest absolute Gasteiger partial charge is 0.170 e. The zero-order valence-electron chi connectivity index (χ0n) is 16.6. The van der Waals surface area contributed by atoms with Gasteiger partial charge in [0.15, 0.2) is 23.0 Å². The second-order valence-electron chi connectivity index (χ2n) is 3.07. The van der Waals surface area contributed by atoms with Crippen molar-refractivity contribution in [3.63, 3.8) is 0 Å². The number of hydrogen-bond donors (Lipinski definition) is 0. The number of hydrogen-bond acceptors (Lipinski definition) is 2. The molecule has 0 N–H and O–H groups in total. The Kier molecular flexibility index (Phi) is 22.6. The SMILES string of the molecule is C=C/C=C1/Oc2ccccc2O/C1=C/C.CC.CC.CC.CC. The summed E-state index contributed by atoms with van der Waals surface area (Å²) in [4.78, 5) is 0. The zero-order valence-corrected chi connectivity index (χ0v) is 16.6. The van der Waals surface area contributed by atoms with Crippen LogP contribution in [0.25, 0.3) is 0 Å². The van der Waals surface area contributed by atoms with E-state index in [0.717, 1.165) is 11.5 Å². The predicted molar refractivity (Wildman–Crippen MR) is 105 cm³/mol. The fourth-order valence-electron chi connectivity index (χ4n) is 1.38. The highest BCUT2D eigenvalue weighted by molar-refractivity contribution is 5.47. The Labute approximate surface area is 144 Å². The summed E-state index contributed by atoms with van der Waals surface area (Å²) in [6.07, 6.45) is 5.33. The van der Waals surface area contributed by atoms with Crippen LogP contribution < -0.4 is 9.47 Å². The summed E-state index contributed by atoms with van der Waals surface area (Å²) in [5.74, 6) is 2.88. The molecular formula is C21H36O2. The second kappa shape index (κ2) is 20.0. The van der Waals surface area contributed by atoms with Crippen LogP contribution in [0.1, 0.15) is 62.3 Å². The fraction of sp³-hybridized carbons (Fsp3) is 0.429. The third-order valence-electron chi connectivity index (χ3n) is 2.06. The van der Waals surface area contributed by atoms with Gasteiger partial charge in [-0.3, -0.25) is 0 Å². The molecule has 0 saturated carbocycles. The van der Waals surface area contributed by atoms with E-state index in [9.17, 15) is 0 Å². The van der Waals surface area contributed by atoms with E-state index in [4.69, 9.17) is 9.47 Å². The Morgan fingerprint density at radius 1 is 0.739 bits per heavy atom. The molecule has 0 spiro atoms. The van der Waals surface area contributed by atoms with Gasteiger partial charge in [0.1, 0.15) is 0 Å². The molecule has 0 aromatic heterocycles. The Morgan fingerprint density at radius 2 is 1.13 bits per heavy atom. The van der Waals surface area contributed by atoms with Crippen LogP contribution in [0.2, 0.25) is 0 Å². The summed E-state index contributed by atoms with van der Waals surface area (Å²) in [6.45, 7) is 21.5. The first-order valence-corrected chi connectivity index (χ1v) is 8.79. The van der Waals surface area contributed by atoms with E-state index in [0.29, 0.717) is 11.5 Å². The highest BCUT2D eigenvalue weighted by Crippen LogP contribution is 2.36. The molecule has 0 saturated heterocycles. The lowest BCUT2D eigenvalue weighted by atomic mass is 10.2. The van der Waals surface area contributed by atoms with Crippen molar-refractivity contribution in [1.29, 1.82) is 0 Å². The van der Waals surface area contributed by atoms with Gasteiger partial charge >= 0.3 is 0 Å². The van der Waals surface area contributed by atoms with Crippen molar-refractivity contribution in [2.45, 2.75) is 62.3 Å². The first-order valence-electron chi connectivity index (χ1n) is 8.79. The minimum Gasteiger partial charge on any atom is -0.450 e. The van der Waals surface area contributed by atoms with Crippen molar-refractivity contribution in [3.05, 3.63) is 60.6 Å². The van der Waals surface area contributed by atoms with Gasteiger partial charge in [-0.2, -0.15) is 0 Å². The number of fused-ring (bicyclic) bond motifs is 1. The van der Waals surface area contributed by atoms with Crippen molar-refractivity contribution >= 4 is 0 Å². The molecule has 2 heteroatoms. The van der Waals surface area contributed by atoms with Gasteiger partial charge < -0.3 is 9.47 Å². The number of benzene rings is 1. The molecule has 2 nitrogen and oxygen atoms in total. The van der Waals surface area contributed by atoms with E-state index >= 15 is 0 Å². The van der Waals surface area contributed by atoms with Crippen molar-refractivity contribution in [2.75, 3.05) is 0 Å². The molecule has 1 aromatic carbocycles. The maximum absolute atomic E-state index is 5.67. The van der Waals surface area contributed by atoms with E-state index in [-0.39, 0.29) is 0 Å². The van der Waals surface area contributed by atoms with E-state index in [2.05, 4.69) is 6.58 Å². The van der Waals surface area contributed by atoms with Crippen molar-refractivity contribution in [2.24, 2.45) is 0 Å². The molecule has 132 valence electrons. The van der Waals surface area contributed by atoms with Gasteiger partial charge in [0.25, 0.3) is 0 Å². The molecule has 2 rings (SSSR count). The standard InChI is InChI=1S/C13H12O2.4C2H6/c1-3-7-11-10(4-2)14-12-8-5-6-9-13(12)15-11;4*1-2/h3-9H,1H2,2H3;4*1-2H3/b10-4+,11-7+;;;;. The van der Waals surface area contributed by atoms with Crippen molar-refractivity contribution < 1.29 is 9.47 Å². The van der Waals surface area contributed by atoms with Crippen LogP contribution in [0.3, 0.4) is 0 Å². The first kappa shape index (κ1) is 26.0. The summed E-state index contributed by atoms with van der Waals surface area (Å²) in [5.41, 5.74) is 0. The molecule has 0 fully saturated rings. The van der Waals surface area contributed by atoms with Crippen molar-refractivity contribution in [3.8, 4) is 11.5 Å². The maximum Gasteiger partial charge on any atom is 0.170 e. The normalized spacial score (nSPS) is 13.6. The third kappa shape index (κ3) is 9.62. The quantitative estimate of drug-likeness (QED) is 0.532. The summed E-state index contributed by atoms with van der Waals surface area (Å²) >= 11 is 0. The lowest BCUT2D eigenvalue weighted by Crippen LogP contribution is -2.11. The fourth-order valence-corrected chi connectivity index (χ4v) is 1.38. The van der Waals surface area contributed by atoms with Crippen molar-refractivity contribution in [1.82, 2.24) is 0 Å². The molecule has 0 atom stereocenters. The van der Waals surface area contributed by atoms with Crippen LogP contribution >= 0.6 is 0 Å². The highest BCUT2D eigenvalue weighted by atomic mass is 16.6. The topological polar surface area (TPSA) is 18.5 Å². The summed E-state index contributed by atoms with van der Waals surface area (Å²) < 4.78 is 11.3. The number of allylic oxidation sites excluding steroid dienone is 3. The zero-order chi connectivity index (χ0) is 18.7. The molecule has 23 heavy (non-hydrogen) atoms. The van der Waals surface area contributed by atoms with Gasteiger partial charge in [-0.05, 0) is 31.2 Å². The molecule has 1 aliphatic heterocycles. The molecule has 1 aromatic rings. The van der Waals surface area contributed by atoms with Gasteiger partial charge in [-0.1, -0.05) is 80.2 Å². The van der Waals surface area contributed by atoms with Crippen LogP contribution in [0, 0.1) is 0 Å². The summed E-state index contributed by atoms with van der Waals surface area (Å²) in [5, 5.41) is 0. The number of ether oxygens (including phenoxy) is 2. The Balaban J connectivity index is -0.000000438. The Morgan fingerprint density at radius 3 is 1.48 bits per heavy atom. The molecule has 1 heterocycles. The molecular weight excluding hydrogens is 284 g/mol. The Hall–Kier alpha value is -1.96. The van der Waals surface area contributed by atoms with Gasteiger partial charge in [-0.15, -0.1) is 0 Å². The van der Waals surface area contributed by atoms with Gasteiger partial charge in [0.2, 0.25) is 0 Å². The lowest BCUT2D eigenvalue weighted by Gasteiger charge is -2.22. The molecule has 1 aliphatic rings. The van der Waals surface area contributed by atoms with Crippen LogP contribution in [0.4, 0.5) is 0 Å². The van der Waals surface area contributed by atoms with Crippen LogP contribution in [-0.2, 0) is 0 Å². The number of rotatable bonds is 1. The first-order chi connectivity index (χ1) is 11.3. The maximum atomic E-state index is 5.67. The monoisotopic (exact) mass is 320 g/mol. The molecule has 0 unspecified atom stereocenters. The number of para-hydroxylation sites is 2. The van der Waals surface area contributed by atoms with E-state index in [1.165, 1.54) is 0 Å². The summed E-state index contributed by atoms with van der Waals surface area (Å²) in [7, 11) is 0. The average molecular weight is 321 g/mol. The summed E-state index contributed by atoms with van der Waals surface area (Å²) in [6, 6.07) is 7.58. The molecule has 0 radical (unpaired) electrons. The highest BCUT2D eigenvalue weighted by Gasteiger charge is 2.19. The lowest BCUT2D eigenvalue weighted by molar-refractivity contribution is 0.294. The minimum absolute atomic E-state index is 0.686. The molecule has 0 bridgehead atoms.